The molecular weight excluding hydrogens is 255 g/mol. The Labute approximate surface area is 110 Å². The SMILES string of the molecule is Cn1nccc1CCOc1ccc(F)cc1CCl. The molecule has 0 unspecified atom stereocenters. The average molecular weight is 269 g/mol. The number of ether oxygens (including phenoxy) is 1. The normalized spacial score (nSPS) is 10.6. The number of aryl methyl sites for hydroxylation is 1. The first-order valence-corrected chi connectivity index (χ1v) is 6.18. The van der Waals surface area contributed by atoms with E-state index in [1.54, 1.807) is 16.9 Å². The van der Waals surface area contributed by atoms with Gasteiger partial charge in [0.2, 0.25) is 0 Å². The molecule has 0 fully saturated rings. The summed E-state index contributed by atoms with van der Waals surface area (Å²) in [6.45, 7) is 0.509. The quantitative estimate of drug-likeness (QED) is 0.780. The van der Waals surface area contributed by atoms with E-state index in [4.69, 9.17) is 16.3 Å². The number of nitrogens with zero attached hydrogens (tertiary/aromatic N) is 2. The molecule has 2 rings (SSSR count). The van der Waals surface area contributed by atoms with Gasteiger partial charge in [0.05, 0.1) is 12.5 Å². The molecule has 0 saturated carbocycles. The third kappa shape index (κ3) is 3.01. The van der Waals surface area contributed by atoms with Crippen molar-refractivity contribution in [3.05, 3.63) is 47.5 Å². The molecule has 0 aliphatic heterocycles. The van der Waals surface area contributed by atoms with Crippen molar-refractivity contribution in [2.45, 2.75) is 12.3 Å². The number of benzene rings is 1. The summed E-state index contributed by atoms with van der Waals surface area (Å²) in [6.07, 6.45) is 2.49. The van der Waals surface area contributed by atoms with Crippen LogP contribution in [0.1, 0.15) is 11.3 Å². The predicted octanol–water partition coefficient (Wildman–Crippen LogP) is 2.92. The first-order chi connectivity index (χ1) is 8.70. The molecule has 18 heavy (non-hydrogen) atoms. The van der Waals surface area contributed by atoms with E-state index < -0.39 is 0 Å². The fraction of sp³-hybridized carbons (Fsp3) is 0.308. The van der Waals surface area contributed by atoms with Gasteiger partial charge < -0.3 is 4.74 Å². The minimum atomic E-state index is -0.301. The largest absolute Gasteiger partial charge is 0.493 e. The molecule has 0 N–H and O–H groups in total. The number of hydrogen-bond acceptors (Lipinski definition) is 2. The monoisotopic (exact) mass is 268 g/mol. The topological polar surface area (TPSA) is 27.1 Å². The van der Waals surface area contributed by atoms with Crippen molar-refractivity contribution in [1.29, 1.82) is 0 Å². The van der Waals surface area contributed by atoms with E-state index in [9.17, 15) is 4.39 Å². The van der Waals surface area contributed by atoms with Crippen LogP contribution >= 0.6 is 11.6 Å². The number of hydrogen-bond donors (Lipinski definition) is 0. The second kappa shape index (κ2) is 5.87. The Balaban J connectivity index is 1.96. The van der Waals surface area contributed by atoms with Crippen LogP contribution in [0.5, 0.6) is 5.75 Å². The second-order valence-electron chi connectivity index (χ2n) is 3.93. The van der Waals surface area contributed by atoms with Crippen LogP contribution in [0.15, 0.2) is 30.5 Å². The highest BCUT2D eigenvalue weighted by Crippen LogP contribution is 2.21. The molecule has 96 valence electrons. The number of rotatable bonds is 5. The summed E-state index contributed by atoms with van der Waals surface area (Å²) in [7, 11) is 1.89. The Morgan fingerprint density at radius 2 is 2.22 bits per heavy atom. The lowest BCUT2D eigenvalue weighted by atomic mass is 10.2. The minimum absolute atomic E-state index is 0.235. The average Bonchev–Trinajstić information content (AvgIpc) is 2.77. The third-order valence-corrected chi connectivity index (χ3v) is 2.99. The van der Waals surface area contributed by atoms with Gasteiger partial charge in [-0.05, 0) is 24.3 Å². The standard InChI is InChI=1S/C13H14ClFN2O/c1-17-12(4-6-16-17)5-7-18-13-3-2-11(15)8-10(13)9-14/h2-4,6,8H,5,7,9H2,1H3. The van der Waals surface area contributed by atoms with Gasteiger partial charge >= 0.3 is 0 Å². The Hall–Kier alpha value is -1.55. The van der Waals surface area contributed by atoms with Crippen LogP contribution in [0, 0.1) is 5.82 Å². The van der Waals surface area contributed by atoms with Gasteiger partial charge in [0, 0.05) is 30.9 Å². The lowest BCUT2D eigenvalue weighted by Gasteiger charge is -2.10. The summed E-state index contributed by atoms with van der Waals surface area (Å²) in [5.74, 6) is 0.567. The van der Waals surface area contributed by atoms with Gasteiger partial charge in [0.1, 0.15) is 11.6 Å². The molecule has 0 atom stereocenters. The van der Waals surface area contributed by atoms with Crippen molar-refractivity contribution in [2.75, 3.05) is 6.61 Å². The summed E-state index contributed by atoms with van der Waals surface area (Å²) >= 11 is 5.75. The van der Waals surface area contributed by atoms with Crippen LogP contribution < -0.4 is 4.74 Å². The zero-order valence-corrected chi connectivity index (χ0v) is 10.8. The number of alkyl halides is 1. The molecule has 0 aliphatic carbocycles. The molecule has 0 bridgehead atoms. The van der Waals surface area contributed by atoms with Crippen LogP contribution in [-0.4, -0.2) is 16.4 Å². The highest BCUT2D eigenvalue weighted by molar-refractivity contribution is 6.17. The van der Waals surface area contributed by atoms with Gasteiger partial charge in [-0.3, -0.25) is 4.68 Å². The van der Waals surface area contributed by atoms with E-state index in [0.717, 1.165) is 12.1 Å². The van der Waals surface area contributed by atoms with E-state index in [1.807, 2.05) is 13.1 Å². The van der Waals surface area contributed by atoms with Crippen molar-refractivity contribution in [1.82, 2.24) is 9.78 Å². The van der Waals surface area contributed by atoms with Crippen LogP contribution in [0.2, 0.25) is 0 Å². The molecule has 2 aromatic rings. The Morgan fingerprint density at radius 3 is 2.89 bits per heavy atom. The summed E-state index contributed by atoms with van der Waals surface area (Å²) in [5, 5.41) is 4.08. The zero-order chi connectivity index (χ0) is 13.0. The van der Waals surface area contributed by atoms with Gasteiger partial charge in [-0.2, -0.15) is 5.10 Å². The Morgan fingerprint density at radius 1 is 1.39 bits per heavy atom. The Kier molecular flexibility index (Phi) is 4.20. The molecule has 0 radical (unpaired) electrons. The van der Waals surface area contributed by atoms with Crippen molar-refractivity contribution in [3.8, 4) is 5.75 Å². The van der Waals surface area contributed by atoms with Gasteiger partial charge in [0.25, 0.3) is 0 Å². The van der Waals surface area contributed by atoms with Gasteiger partial charge in [-0.1, -0.05) is 0 Å². The van der Waals surface area contributed by atoms with Crippen LogP contribution in [-0.2, 0) is 19.3 Å². The minimum Gasteiger partial charge on any atom is -0.493 e. The van der Waals surface area contributed by atoms with Crippen LogP contribution in [0.25, 0.3) is 0 Å². The smallest absolute Gasteiger partial charge is 0.123 e. The van der Waals surface area contributed by atoms with Gasteiger partial charge in [0.15, 0.2) is 0 Å². The summed E-state index contributed by atoms with van der Waals surface area (Å²) in [6, 6.07) is 6.31. The van der Waals surface area contributed by atoms with Crippen molar-refractivity contribution in [3.63, 3.8) is 0 Å². The van der Waals surface area contributed by atoms with Crippen LogP contribution in [0.3, 0.4) is 0 Å². The molecule has 0 aliphatic rings. The highest BCUT2D eigenvalue weighted by Gasteiger charge is 2.05. The molecule has 1 heterocycles. The van der Waals surface area contributed by atoms with Crippen molar-refractivity contribution >= 4 is 11.6 Å². The zero-order valence-electron chi connectivity index (χ0n) is 10.1. The number of halogens is 2. The molecule has 0 amide bonds. The lowest BCUT2D eigenvalue weighted by Crippen LogP contribution is -2.07. The third-order valence-electron chi connectivity index (χ3n) is 2.70. The van der Waals surface area contributed by atoms with Gasteiger partial charge in [-0.15, -0.1) is 11.6 Å². The summed E-state index contributed by atoms with van der Waals surface area (Å²) < 4.78 is 20.4. The lowest BCUT2D eigenvalue weighted by molar-refractivity contribution is 0.315. The maximum atomic E-state index is 13.0. The van der Waals surface area contributed by atoms with Crippen LogP contribution in [0.4, 0.5) is 4.39 Å². The fourth-order valence-electron chi connectivity index (χ4n) is 1.71. The molecular formula is C13H14ClFN2O. The molecule has 1 aromatic carbocycles. The van der Waals surface area contributed by atoms with E-state index in [1.165, 1.54) is 12.1 Å². The maximum Gasteiger partial charge on any atom is 0.123 e. The molecule has 5 heteroatoms. The second-order valence-corrected chi connectivity index (χ2v) is 4.20. The summed E-state index contributed by atoms with van der Waals surface area (Å²) in [4.78, 5) is 0. The maximum absolute atomic E-state index is 13.0. The molecule has 0 saturated heterocycles. The first-order valence-electron chi connectivity index (χ1n) is 5.65. The summed E-state index contributed by atoms with van der Waals surface area (Å²) in [5.41, 5.74) is 1.76. The Bertz CT molecular complexity index is 527. The van der Waals surface area contributed by atoms with Crippen molar-refractivity contribution < 1.29 is 9.13 Å². The van der Waals surface area contributed by atoms with E-state index in [2.05, 4.69) is 5.10 Å². The van der Waals surface area contributed by atoms with E-state index >= 15 is 0 Å². The fourth-order valence-corrected chi connectivity index (χ4v) is 1.91. The van der Waals surface area contributed by atoms with E-state index in [0.29, 0.717) is 17.9 Å². The van der Waals surface area contributed by atoms with E-state index in [-0.39, 0.29) is 11.7 Å². The predicted molar refractivity (Wildman–Crippen MR) is 68.4 cm³/mol. The highest BCUT2D eigenvalue weighted by atomic mass is 35.5. The number of aromatic nitrogens is 2. The van der Waals surface area contributed by atoms with Crippen molar-refractivity contribution in [2.24, 2.45) is 7.05 Å². The molecule has 0 spiro atoms. The van der Waals surface area contributed by atoms with Gasteiger partial charge in [-0.25, -0.2) is 4.39 Å². The molecule has 3 nitrogen and oxygen atoms in total. The molecule has 1 aromatic heterocycles. The first kappa shape index (κ1) is 12.9.